The van der Waals surface area contributed by atoms with E-state index in [0.717, 1.165) is 5.56 Å². The minimum atomic E-state index is -0.462. The smallest absolute Gasteiger partial charge is 0.239 e. The highest BCUT2D eigenvalue weighted by molar-refractivity contribution is 5.81. The molecule has 0 fully saturated rings. The number of hydrogen-bond donors (Lipinski definition) is 2. The van der Waals surface area contributed by atoms with E-state index in [4.69, 9.17) is 5.73 Å². The van der Waals surface area contributed by atoms with E-state index in [9.17, 15) is 9.90 Å². The van der Waals surface area contributed by atoms with Crippen LogP contribution in [0.3, 0.4) is 0 Å². The number of nitrogens with zero attached hydrogens (tertiary/aromatic N) is 1. The molecule has 4 nitrogen and oxygen atoms in total. The highest BCUT2D eigenvalue weighted by Crippen LogP contribution is 2.17. The Labute approximate surface area is 95.7 Å². The highest BCUT2D eigenvalue weighted by atomic mass is 16.3. The monoisotopic (exact) mass is 222 g/mol. The number of para-hydroxylation sites is 1. The molecule has 0 bridgehead atoms. The molecule has 88 valence electrons. The van der Waals surface area contributed by atoms with Crippen LogP contribution in [0, 0.1) is 0 Å². The molecule has 1 aromatic carbocycles. The van der Waals surface area contributed by atoms with Crippen LogP contribution in [0.2, 0.25) is 0 Å². The summed E-state index contributed by atoms with van der Waals surface area (Å²) in [4.78, 5) is 13.2. The average molecular weight is 222 g/mol. The predicted octanol–water partition coefficient (Wildman–Crippen LogP) is 1.09. The summed E-state index contributed by atoms with van der Waals surface area (Å²) in [5, 5.41) is 9.57. The number of likely N-dealkylation sites (N-methyl/N-ethyl adjacent to an activating group) is 1. The zero-order valence-corrected chi connectivity index (χ0v) is 9.68. The van der Waals surface area contributed by atoms with Crippen LogP contribution < -0.4 is 5.73 Å². The van der Waals surface area contributed by atoms with Crippen LogP contribution in [-0.4, -0.2) is 29.0 Å². The minimum Gasteiger partial charge on any atom is -0.508 e. The van der Waals surface area contributed by atoms with Crippen molar-refractivity contribution in [2.24, 2.45) is 5.73 Å². The molecular formula is C12H18N2O2. The highest BCUT2D eigenvalue weighted by Gasteiger charge is 2.16. The van der Waals surface area contributed by atoms with Crippen molar-refractivity contribution in [3.8, 4) is 5.75 Å². The molecule has 0 spiro atoms. The van der Waals surface area contributed by atoms with E-state index in [1.807, 2.05) is 13.0 Å². The lowest BCUT2D eigenvalue weighted by Crippen LogP contribution is -2.40. The second-order valence-electron chi connectivity index (χ2n) is 3.84. The fourth-order valence-corrected chi connectivity index (χ4v) is 1.44. The third-order valence-electron chi connectivity index (χ3n) is 2.53. The lowest BCUT2D eigenvalue weighted by atomic mass is 10.1. The van der Waals surface area contributed by atoms with Gasteiger partial charge >= 0.3 is 0 Å². The van der Waals surface area contributed by atoms with Gasteiger partial charge in [0.2, 0.25) is 5.91 Å². The lowest BCUT2D eigenvalue weighted by molar-refractivity contribution is -0.131. The molecule has 0 radical (unpaired) electrons. The molecule has 0 saturated heterocycles. The van der Waals surface area contributed by atoms with Gasteiger partial charge in [-0.2, -0.15) is 0 Å². The molecule has 0 aliphatic rings. The maximum atomic E-state index is 11.7. The summed E-state index contributed by atoms with van der Waals surface area (Å²) in [6, 6.07) is 6.51. The Morgan fingerprint density at radius 3 is 2.69 bits per heavy atom. The third kappa shape index (κ3) is 2.97. The molecule has 4 heteroatoms. The van der Waals surface area contributed by atoms with Crippen LogP contribution in [0.25, 0.3) is 0 Å². The topological polar surface area (TPSA) is 66.6 Å². The quantitative estimate of drug-likeness (QED) is 0.801. The van der Waals surface area contributed by atoms with E-state index < -0.39 is 6.04 Å². The number of phenols is 1. The summed E-state index contributed by atoms with van der Waals surface area (Å²) in [6.07, 6.45) is 0.615. The van der Waals surface area contributed by atoms with E-state index in [1.165, 1.54) is 4.90 Å². The molecule has 16 heavy (non-hydrogen) atoms. The van der Waals surface area contributed by atoms with Crippen molar-refractivity contribution in [3.05, 3.63) is 29.8 Å². The number of amides is 1. The van der Waals surface area contributed by atoms with E-state index in [1.54, 1.807) is 25.2 Å². The molecule has 1 atom stereocenters. The fourth-order valence-electron chi connectivity index (χ4n) is 1.44. The zero-order valence-electron chi connectivity index (χ0n) is 9.68. The summed E-state index contributed by atoms with van der Waals surface area (Å²) in [7, 11) is 1.68. The number of nitrogens with two attached hydrogens (primary N) is 1. The Morgan fingerprint density at radius 2 is 2.12 bits per heavy atom. The van der Waals surface area contributed by atoms with Gasteiger partial charge in [-0.1, -0.05) is 25.1 Å². The van der Waals surface area contributed by atoms with E-state index >= 15 is 0 Å². The summed E-state index contributed by atoms with van der Waals surface area (Å²) in [5.74, 6) is 0.0953. The van der Waals surface area contributed by atoms with Crippen LogP contribution in [0.5, 0.6) is 5.75 Å². The second-order valence-corrected chi connectivity index (χ2v) is 3.84. The molecule has 1 aromatic rings. The molecular weight excluding hydrogens is 204 g/mol. The first-order chi connectivity index (χ1) is 7.56. The van der Waals surface area contributed by atoms with Gasteiger partial charge in [-0.3, -0.25) is 4.79 Å². The lowest BCUT2D eigenvalue weighted by Gasteiger charge is -2.21. The van der Waals surface area contributed by atoms with Crippen molar-refractivity contribution in [1.29, 1.82) is 0 Å². The Balaban J connectivity index is 2.68. The summed E-state index contributed by atoms with van der Waals surface area (Å²) >= 11 is 0. The largest absolute Gasteiger partial charge is 0.508 e. The molecule has 0 aliphatic heterocycles. The van der Waals surface area contributed by atoms with Crippen LogP contribution in [0.1, 0.15) is 18.9 Å². The van der Waals surface area contributed by atoms with Gasteiger partial charge in [0.05, 0.1) is 6.04 Å². The number of carbonyl (C=O) groups excluding carboxylic acids is 1. The summed E-state index contributed by atoms with van der Waals surface area (Å²) in [6.45, 7) is 2.25. The van der Waals surface area contributed by atoms with Gasteiger partial charge < -0.3 is 15.7 Å². The SMILES string of the molecule is CC[C@@H](N)C(=O)N(C)Cc1ccccc1O. The molecule has 3 N–H and O–H groups in total. The molecule has 0 aromatic heterocycles. The van der Waals surface area contributed by atoms with Gasteiger partial charge in [0.15, 0.2) is 0 Å². The van der Waals surface area contributed by atoms with E-state index in [-0.39, 0.29) is 11.7 Å². The number of phenolic OH excluding ortho intramolecular Hbond substituents is 1. The Kier molecular flexibility index (Phi) is 4.31. The van der Waals surface area contributed by atoms with Gasteiger partial charge in [0, 0.05) is 19.2 Å². The van der Waals surface area contributed by atoms with Crippen molar-refractivity contribution >= 4 is 5.91 Å². The van der Waals surface area contributed by atoms with E-state index in [2.05, 4.69) is 0 Å². The molecule has 1 amide bonds. The zero-order chi connectivity index (χ0) is 12.1. The predicted molar refractivity (Wildman–Crippen MR) is 62.8 cm³/mol. The minimum absolute atomic E-state index is 0.106. The normalized spacial score (nSPS) is 12.2. The maximum absolute atomic E-state index is 11.7. The van der Waals surface area contributed by atoms with Gasteiger partial charge in [-0.15, -0.1) is 0 Å². The van der Waals surface area contributed by atoms with Crippen LogP contribution in [-0.2, 0) is 11.3 Å². The molecule has 0 saturated carbocycles. The van der Waals surface area contributed by atoms with Crippen molar-refractivity contribution in [1.82, 2.24) is 4.90 Å². The van der Waals surface area contributed by atoms with Crippen LogP contribution in [0.15, 0.2) is 24.3 Å². The first kappa shape index (κ1) is 12.5. The van der Waals surface area contributed by atoms with Crippen LogP contribution in [0.4, 0.5) is 0 Å². The van der Waals surface area contributed by atoms with Crippen molar-refractivity contribution in [2.75, 3.05) is 7.05 Å². The fraction of sp³-hybridized carbons (Fsp3) is 0.417. The number of rotatable bonds is 4. The average Bonchev–Trinajstić information content (AvgIpc) is 2.30. The van der Waals surface area contributed by atoms with Crippen molar-refractivity contribution in [3.63, 3.8) is 0 Å². The van der Waals surface area contributed by atoms with Gasteiger partial charge in [0.25, 0.3) is 0 Å². The molecule has 0 aliphatic carbocycles. The van der Waals surface area contributed by atoms with Crippen molar-refractivity contribution < 1.29 is 9.90 Å². The Hall–Kier alpha value is -1.55. The number of aromatic hydroxyl groups is 1. The maximum Gasteiger partial charge on any atom is 0.239 e. The molecule has 1 rings (SSSR count). The first-order valence-electron chi connectivity index (χ1n) is 5.33. The summed E-state index contributed by atoms with van der Waals surface area (Å²) in [5.41, 5.74) is 6.38. The number of carbonyl (C=O) groups is 1. The second kappa shape index (κ2) is 5.51. The molecule has 0 heterocycles. The number of hydrogen-bond acceptors (Lipinski definition) is 3. The van der Waals surface area contributed by atoms with Gasteiger partial charge in [-0.25, -0.2) is 0 Å². The first-order valence-corrected chi connectivity index (χ1v) is 5.33. The van der Waals surface area contributed by atoms with Gasteiger partial charge in [0.1, 0.15) is 5.75 Å². The number of benzene rings is 1. The van der Waals surface area contributed by atoms with Crippen molar-refractivity contribution in [2.45, 2.75) is 25.9 Å². The van der Waals surface area contributed by atoms with E-state index in [0.29, 0.717) is 13.0 Å². The van der Waals surface area contributed by atoms with Gasteiger partial charge in [-0.05, 0) is 12.5 Å². The Bertz CT molecular complexity index is 366. The molecule has 0 unspecified atom stereocenters. The third-order valence-corrected chi connectivity index (χ3v) is 2.53. The summed E-state index contributed by atoms with van der Waals surface area (Å²) < 4.78 is 0. The van der Waals surface area contributed by atoms with Crippen LogP contribution >= 0.6 is 0 Å². The standard InChI is InChI=1S/C12H18N2O2/c1-3-10(13)12(16)14(2)8-9-6-4-5-7-11(9)15/h4-7,10,15H,3,8,13H2,1-2H3/t10-/m1/s1. The Morgan fingerprint density at radius 1 is 1.50 bits per heavy atom.